The van der Waals surface area contributed by atoms with Crippen molar-refractivity contribution in [3.05, 3.63) is 47.4 Å². The topological polar surface area (TPSA) is 81.3 Å². The third-order valence-electron chi connectivity index (χ3n) is 2.63. The molecule has 0 amide bonds. The average molecular weight is 259 g/mol. The predicted molar refractivity (Wildman–Crippen MR) is 72.7 cm³/mol. The van der Waals surface area contributed by atoms with Crippen LogP contribution in [-0.4, -0.2) is 21.7 Å². The van der Waals surface area contributed by atoms with Crippen LogP contribution in [0.5, 0.6) is 5.75 Å². The van der Waals surface area contributed by atoms with Crippen LogP contribution in [-0.2, 0) is 13.0 Å². The first-order valence-electron chi connectivity index (χ1n) is 6.10. The second-order valence-corrected chi connectivity index (χ2v) is 4.22. The van der Waals surface area contributed by atoms with Crippen LogP contribution in [0.25, 0.3) is 0 Å². The molecule has 2 rings (SSSR count). The van der Waals surface area contributed by atoms with Crippen molar-refractivity contribution >= 4 is 5.82 Å². The highest BCUT2D eigenvalue weighted by Gasteiger charge is 2.05. The Morgan fingerprint density at radius 3 is 2.79 bits per heavy atom. The van der Waals surface area contributed by atoms with Crippen LogP contribution < -0.4 is 10.5 Å². The molecule has 0 atom stereocenters. The lowest BCUT2D eigenvalue weighted by atomic mass is 10.1. The summed E-state index contributed by atoms with van der Waals surface area (Å²) in [6.07, 6.45) is 0.562. The SMILES string of the molecule is Cc1cc(N)nc(COc2ccccc2CCO)n1. The Labute approximate surface area is 112 Å². The largest absolute Gasteiger partial charge is 0.485 e. The van der Waals surface area contributed by atoms with Gasteiger partial charge >= 0.3 is 0 Å². The van der Waals surface area contributed by atoms with E-state index in [1.165, 1.54) is 0 Å². The van der Waals surface area contributed by atoms with E-state index >= 15 is 0 Å². The fraction of sp³-hybridized carbons (Fsp3) is 0.286. The minimum absolute atomic E-state index is 0.0915. The van der Waals surface area contributed by atoms with E-state index in [0.717, 1.165) is 17.0 Å². The molecule has 0 saturated carbocycles. The molecule has 0 unspecified atom stereocenters. The molecule has 0 aliphatic rings. The first kappa shape index (κ1) is 13.3. The van der Waals surface area contributed by atoms with Crippen molar-refractivity contribution < 1.29 is 9.84 Å². The van der Waals surface area contributed by atoms with Crippen LogP contribution in [0.1, 0.15) is 17.1 Å². The summed E-state index contributed by atoms with van der Waals surface area (Å²) in [5, 5.41) is 9.01. The predicted octanol–water partition coefficient (Wildman–Crippen LogP) is 1.48. The number of para-hydroxylation sites is 1. The molecule has 0 spiro atoms. The van der Waals surface area contributed by atoms with E-state index in [1.807, 2.05) is 31.2 Å². The zero-order valence-corrected chi connectivity index (χ0v) is 10.8. The summed E-state index contributed by atoms with van der Waals surface area (Å²) in [5.41, 5.74) is 7.44. The van der Waals surface area contributed by atoms with Crippen molar-refractivity contribution in [2.24, 2.45) is 0 Å². The van der Waals surface area contributed by atoms with Gasteiger partial charge in [-0.2, -0.15) is 0 Å². The number of anilines is 1. The van der Waals surface area contributed by atoms with Gasteiger partial charge in [0.25, 0.3) is 0 Å². The van der Waals surface area contributed by atoms with Crippen molar-refractivity contribution in [1.82, 2.24) is 9.97 Å². The van der Waals surface area contributed by atoms with E-state index in [-0.39, 0.29) is 13.2 Å². The van der Waals surface area contributed by atoms with Gasteiger partial charge in [-0.15, -0.1) is 0 Å². The molecular formula is C14H17N3O2. The van der Waals surface area contributed by atoms with E-state index in [0.29, 0.717) is 18.1 Å². The number of aliphatic hydroxyl groups is 1. The van der Waals surface area contributed by atoms with Gasteiger partial charge in [0.1, 0.15) is 18.2 Å². The first-order chi connectivity index (χ1) is 9.19. The molecule has 1 aromatic heterocycles. The molecule has 1 aromatic carbocycles. The van der Waals surface area contributed by atoms with E-state index in [4.69, 9.17) is 15.6 Å². The number of nitrogens with zero attached hydrogens (tertiary/aromatic N) is 2. The maximum absolute atomic E-state index is 9.01. The van der Waals surface area contributed by atoms with Crippen molar-refractivity contribution in [2.45, 2.75) is 20.0 Å². The van der Waals surface area contributed by atoms with Crippen molar-refractivity contribution in [2.75, 3.05) is 12.3 Å². The van der Waals surface area contributed by atoms with Crippen molar-refractivity contribution in [1.29, 1.82) is 0 Å². The number of aromatic nitrogens is 2. The van der Waals surface area contributed by atoms with Crippen LogP contribution in [0, 0.1) is 6.92 Å². The van der Waals surface area contributed by atoms with Crippen molar-refractivity contribution in [3.63, 3.8) is 0 Å². The highest BCUT2D eigenvalue weighted by Crippen LogP contribution is 2.19. The molecule has 0 saturated heterocycles. The Morgan fingerprint density at radius 1 is 1.26 bits per heavy atom. The number of ether oxygens (including phenoxy) is 1. The summed E-state index contributed by atoms with van der Waals surface area (Å²) in [4.78, 5) is 8.38. The molecule has 0 radical (unpaired) electrons. The summed E-state index contributed by atoms with van der Waals surface area (Å²) in [6.45, 7) is 2.21. The van der Waals surface area contributed by atoms with Gasteiger partial charge < -0.3 is 15.6 Å². The van der Waals surface area contributed by atoms with Gasteiger partial charge in [0.2, 0.25) is 0 Å². The Morgan fingerprint density at radius 2 is 2.05 bits per heavy atom. The van der Waals surface area contributed by atoms with Crippen LogP contribution in [0.3, 0.4) is 0 Å². The number of hydrogen-bond acceptors (Lipinski definition) is 5. The van der Waals surface area contributed by atoms with E-state index in [9.17, 15) is 0 Å². The van der Waals surface area contributed by atoms with Gasteiger partial charge in [0.05, 0.1) is 0 Å². The zero-order valence-electron chi connectivity index (χ0n) is 10.8. The number of hydrogen-bond donors (Lipinski definition) is 2. The molecule has 0 fully saturated rings. The Bertz CT molecular complexity index is 538. The molecule has 0 bridgehead atoms. The van der Waals surface area contributed by atoms with E-state index in [2.05, 4.69) is 9.97 Å². The molecular weight excluding hydrogens is 242 g/mol. The molecule has 0 aliphatic heterocycles. The summed E-state index contributed by atoms with van der Waals surface area (Å²) < 4.78 is 5.69. The summed E-state index contributed by atoms with van der Waals surface area (Å²) in [7, 11) is 0. The molecule has 3 N–H and O–H groups in total. The molecule has 0 aliphatic carbocycles. The number of aliphatic hydroxyl groups excluding tert-OH is 1. The lowest BCUT2D eigenvalue weighted by Gasteiger charge is -2.10. The minimum atomic E-state index is 0.0915. The fourth-order valence-electron chi connectivity index (χ4n) is 1.83. The lowest BCUT2D eigenvalue weighted by Crippen LogP contribution is -2.06. The van der Waals surface area contributed by atoms with Crippen LogP contribution in [0.2, 0.25) is 0 Å². The van der Waals surface area contributed by atoms with Gasteiger partial charge in [-0.25, -0.2) is 9.97 Å². The van der Waals surface area contributed by atoms with E-state index < -0.39 is 0 Å². The molecule has 5 nitrogen and oxygen atoms in total. The van der Waals surface area contributed by atoms with Crippen LogP contribution in [0.4, 0.5) is 5.82 Å². The van der Waals surface area contributed by atoms with Crippen molar-refractivity contribution in [3.8, 4) is 5.75 Å². The maximum Gasteiger partial charge on any atom is 0.168 e. The molecule has 19 heavy (non-hydrogen) atoms. The fourth-order valence-corrected chi connectivity index (χ4v) is 1.83. The summed E-state index contributed by atoms with van der Waals surface area (Å²) >= 11 is 0. The average Bonchev–Trinajstić information content (AvgIpc) is 2.37. The number of aryl methyl sites for hydroxylation is 1. The Hall–Kier alpha value is -2.14. The number of rotatable bonds is 5. The maximum atomic E-state index is 9.01. The van der Waals surface area contributed by atoms with Gasteiger partial charge in [-0.05, 0) is 25.0 Å². The number of nitrogen functional groups attached to an aromatic ring is 1. The van der Waals surface area contributed by atoms with Gasteiger partial charge in [-0.3, -0.25) is 0 Å². The lowest BCUT2D eigenvalue weighted by molar-refractivity contribution is 0.279. The summed E-state index contributed by atoms with van der Waals surface area (Å²) in [5.74, 6) is 1.73. The Kier molecular flexibility index (Phi) is 4.30. The second-order valence-electron chi connectivity index (χ2n) is 4.22. The zero-order chi connectivity index (χ0) is 13.7. The normalized spacial score (nSPS) is 10.4. The van der Waals surface area contributed by atoms with Gasteiger partial charge in [-0.1, -0.05) is 18.2 Å². The standard InChI is InChI=1S/C14H17N3O2/c1-10-8-13(15)17-14(16-10)9-19-12-5-3-2-4-11(12)6-7-18/h2-5,8,18H,6-7,9H2,1H3,(H2,15,16,17). The quantitative estimate of drug-likeness (QED) is 0.850. The molecule has 1 heterocycles. The van der Waals surface area contributed by atoms with Crippen LogP contribution >= 0.6 is 0 Å². The molecule has 100 valence electrons. The van der Waals surface area contributed by atoms with Crippen LogP contribution in [0.15, 0.2) is 30.3 Å². The molecule has 2 aromatic rings. The van der Waals surface area contributed by atoms with Gasteiger partial charge in [0.15, 0.2) is 5.82 Å². The third kappa shape index (κ3) is 3.66. The smallest absolute Gasteiger partial charge is 0.168 e. The highest BCUT2D eigenvalue weighted by molar-refractivity contribution is 5.34. The first-order valence-corrected chi connectivity index (χ1v) is 6.10. The Balaban J connectivity index is 2.09. The monoisotopic (exact) mass is 259 g/mol. The third-order valence-corrected chi connectivity index (χ3v) is 2.63. The highest BCUT2D eigenvalue weighted by atomic mass is 16.5. The van der Waals surface area contributed by atoms with E-state index in [1.54, 1.807) is 6.07 Å². The molecule has 5 heteroatoms. The minimum Gasteiger partial charge on any atom is -0.485 e. The second kappa shape index (κ2) is 6.15. The summed E-state index contributed by atoms with van der Waals surface area (Å²) in [6, 6.07) is 9.31. The number of nitrogens with two attached hydrogens (primary N) is 1. The number of benzene rings is 1. The van der Waals surface area contributed by atoms with Gasteiger partial charge in [0, 0.05) is 18.4 Å².